The molecule has 0 aliphatic heterocycles. The summed E-state index contributed by atoms with van der Waals surface area (Å²) in [5.41, 5.74) is 1.76. The standard InChI is InChI=1S/C14H13BrClN3S/c1-2-10-3-4-11(20-10)8-19-13(6-16)18-12-5-9(15)7-17-14(12)19/h3-5,7H,2,6,8H2,1H3. The third kappa shape index (κ3) is 2.62. The summed E-state index contributed by atoms with van der Waals surface area (Å²) in [6, 6.07) is 6.33. The van der Waals surface area contributed by atoms with Crippen LogP contribution in [-0.4, -0.2) is 14.5 Å². The Morgan fingerprint density at radius 1 is 1.35 bits per heavy atom. The zero-order valence-electron chi connectivity index (χ0n) is 10.9. The number of aromatic nitrogens is 3. The van der Waals surface area contributed by atoms with E-state index >= 15 is 0 Å². The highest BCUT2D eigenvalue weighted by atomic mass is 79.9. The molecule has 0 N–H and O–H groups in total. The van der Waals surface area contributed by atoms with Gasteiger partial charge in [0.1, 0.15) is 11.3 Å². The van der Waals surface area contributed by atoms with Gasteiger partial charge in [0.2, 0.25) is 0 Å². The van der Waals surface area contributed by atoms with Crippen molar-refractivity contribution in [3.05, 3.63) is 44.4 Å². The number of hydrogen-bond acceptors (Lipinski definition) is 3. The summed E-state index contributed by atoms with van der Waals surface area (Å²) in [6.07, 6.45) is 2.87. The quantitative estimate of drug-likeness (QED) is 0.628. The molecule has 0 atom stereocenters. The summed E-state index contributed by atoms with van der Waals surface area (Å²) in [7, 11) is 0. The number of pyridine rings is 1. The summed E-state index contributed by atoms with van der Waals surface area (Å²) in [6.45, 7) is 2.95. The van der Waals surface area contributed by atoms with E-state index in [1.165, 1.54) is 9.75 Å². The third-order valence-electron chi connectivity index (χ3n) is 3.13. The molecule has 0 radical (unpaired) electrons. The van der Waals surface area contributed by atoms with Crippen LogP contribution in [0.15, 0.2) is 28.9 Å². The van der Waals surface area contributed by atoms with Crippen LogP contribution in [-0.2, 0) is 18.8 Å². The number of hydrogen-bond donors (Lipinski definition) is 0. The number of fused-ring (bicyclic) bond motifs is 1. The van der Waals surface area contributed by atoms with Crippen molar-refractivity contribution in [2.24, 2.45) is 0 Å². The zero-order chi connectivity index (χ0) is 14.1. The molecule has 20 heavy (non-hydrogen) atoms. The smallest absolute Gasteiger partial charge is 0.160 e. The van der Waals surface area contributed by atoms with Crippen molar-refractivity contribution in [3.63, 3.8) is 0 Å². The van der Waals surface area contributed by atoms with E-state index in [1.54, 1.807) is 6.20 Å². The van der Waals surface area contributed by atoms with E-state index in [9.17, 15) is 0 Å². The zero-order valence-corrected chi connectivity index (χ0v) is 14.1. The lowest BCUT2D eigenvalue weighted by Gasteiger charge is -2.05. The minimum absolute atomic E-state index is 0.389. The molecule has 0 aromatic carbocycles. The Morgan fingerprint density at radius 3 is 2.85 bits per heavy atom. The molecule has 0 aliphatic rings. The van der Waals surface area contributed by atoms with Gasteiger partial charge in [-0.05, 0) is 40.5 Å². The highest BCUT2D eigenvalue weighted by Crippen LogP contribution is 2.23. The summed E-state index contributed by atoms with van der Waals surface area (Å²) in [5.74, 6) is 1.25. The van der Waals surface area contributed by atoms with Crippen molar-refractivity contribution in [2.45, 2.75) is 25.8 Å². The Kier molecular flexibility index (Phi) is 4.10. The van der Waals surface area contributed by atoms with Gasteiger partial charge in [-0.2, -0.15) is 0 Å². The van der Waals surface area contributed by atoms with Crippen molar-refractivity contribution in [1.82, 2.24) is 14.5 Å². The lowest BCUT2D eigenvalue weighted by Crippen LogP contribution is -2.03. The van der Waals surface area contributed by atoms with Crippen LogP contribution >= 0.6 is 38.9 Å². The molecule has 0 aliphatic carbocycles. The lowest BCUT2D eigenvalue weighted by atomic mass is 10.3. The minimum Gasteiger partial charge on any atom is -0.306 e. The molecular formula is C14H13BrClN3S. The van der Waals surface area contributed by atoms with Crippen molar-refractivity contribution < 1.29 is 0 Å². The van der Waals surface area contributed by atoms with Crippen LogP contribution in [0.1, 0.15) is 22.5 Å². The van der Waals surface area contributed by atoms with Gasteiger partial charge in [0.15, 0.2) is 5.65 Å². The van der Waals surface area contributed by atoms with Crippen LogP contribution in [0.5, 0.6) is 0 Å². The summed E-state index contributed by atoms with van der Waals surface area (Å²) in [5, 5.41) is 0. The topological polar surface area (TPSA) is 30.7 Å². The molecule has 0 fully saturated rings. The molecule has 6 heteroatoms. The maximum absolute atomic E-state index is 6.02. The number of nitrogens with zero attached hydrogens (tertiary/aromatic N) is 3. The Bertz CT molecular complexity index is 750. The highest BCUT2D eigenvalue weighted by molar-refractivity contribution is 9.10. The van der Waals surface area contributed by atoms with E-state index in [2.05, 4.69) is 49.5 Å². The summed E-state index contributed by atoms with van der Waals surface area (Å²) >= 11 is 11.3. The van der Waals surface area contributed by atoms with E-state index in [4.69, 9.17) is 11.6 Å². The molecule has 0 unspecified atom stereocenters. The Morgan fingerprint density at radius 2 is 2.15 bits per heavy atom. The van der Waals surface area contributed by atoms with Gasteiger partial charge in [-0.1, -0.05) is 6.92 Å². The molecular weight excluding hydrogens is 358 g/mol. The first-order valence-electron chi connectivity index (χ1n) is 6.35. The number of rotatable bonds is 4. The molecule has 0 saturated carbocycles. The summed E-state index contributed by atoms with van der Waals surface area (Å²) < 4.78 is 3.03. The molecule has 3 heterocycles. The van der Waals surface area contributed by atoms with Crippen molar-refractivity contribution in [2.75, 3.05) is 0 Å². The number of imidazole rings is 1. The molecule has 0 saturated heterocycles. The molecule has 0 spiro atoms. The first-order valence-corrected chi connectivity index (χ1v) is 8.50. The lowest BCUT2D eigenvalue weighted by molar-refractivity contribution is 0.780. The average Bonchev–Trinajstić information content (AvgIpc) is 3.03. The van der Waals surface area contributed by atoms with Crippen LogP contribution < -0.4 is 0 Å². The van der Waals surface area contributed by atoms with Gasteiger partial charge in [-0.25, -0.2) is 9.97 Å². The van der Waals surface area contributed by atoms with Crippen LogP contribution in [0.4, 0.5) is 0 Å². The minimum atomic E-state index is 0.389. The average molecular weight is 371 g/mol. The maximum Gasteiger partial charge on any atom is 0.160 e. The van der Waals surface area contributed by atoms with Crippen molar-refractivity contribution in [3.8, 4) is 0 Å². The molecule has 3 rings (SSSR count). The number of aryl methyl sites for hydroxylation is 1. The Labute approximate surface area is 134 Å². The van der Waals surface area contributed by atoms with Gasteiger partial charge in [-0.3, -0.25) is 0 Å². The van der Waals surface area contributed by atoms with Crippen molar-refractivity contribution >= 4 is 50.0 Å². The Hall–Kier alpha value is -0.910. The van der Waals surface area contributed by atoms with Gasteiger partial charge < -0.3 is 4.57 Å². The molecule has 104 valence electrons. The van der Waals surface area contributed by atoms with E-state index < -0.39 is 0 Å². The van der Waals surface area contributed by atoms with Gasteiger partial charge in [-0.15, -0.1) is 22.9 Å². The molecule has 3 nitrogen and oxygen atoms in total. The molecule has 0 bridgehead atoms. The van der Waals surface area contributed by atoms with Gasteiger partial charge >= 0.3 is 0 Å². The maximum atomic E-state index is 6.02. The van der Waals surface area contributed by atoms with Crippen LogP contribution in [0.2, 0.25) is 0 Å². The van der Waals surface area contributed by atoms with E-state index in [-0.39, 0.29) is 0 Å². The normalized spacial score (nSPS) is 11.3. The first-order chi connectivity index (χ1) is 9.71. The second kappa shape index (κ2) is 5.84. The fourth-order valence-corrected chi connectivity index (χ4v) is 3.62. The second-order valence-corrected chi connectivity index (χ2v) is 6.90. The van der Waals surface area contributed by atoms with Crippen LogP contribution in [0, 0.1) is 0 Å². The van der Waals surface area contributed by atoms with Crippen LogP contribution in [0.3, 0.4) is 0 Å². The van der Waals surface area contributed by atoms with Crippen LogP contribution in [0.25, 0.3) is 11.2 Å². The largest absolute Gasteiger partial charge is 0.306 e. The monoisotopic (exact) mass is 369 g/mol. The van der Waals surface area contributed by atoms with E-state index in [1.807, 2.05) is 17.4 Å². The number of halogens is 2. The second-order valence-electron chi connectivity index (χ2n) is 4.47. The Balaban J connectivity index is 2.04. The SMILES string of the molecule is CCc1ccc(Cn2c(CCl)nc3cc(Br)cnc32)s1. The third-order valence-corrected chi connectivity index (χ3v) is 5.02. The van der Waals surface area contributed by atoms with Gasteiger partial charge in [0, 0.05) is 20.4 Å². The molecule has 3 aromatic rings. The summed E-state index contributed by atoms with van der Waals surface area (Å²) in [4.78, 5) is 11.7. The first kappa shape index (κ1) is 14.0. The number of alkyl halides is 1. The predicted octanol–water partition coefficient (Wildman–Crippen LogP) is 4.60. The van der Waals surface area contributed by atoms with E-state index in [0.29, 0.717) is 5.88 Å². The molecule has 3 aromatic heterocycles. The van der Waals surface area contributed by atoms with Gasteiger partial charge in [0.05, 0.1) is 12.4 Å². The number of thiophene rings is 1. The van der Waals surface area contributed by atoms with E-state index in [0.717, 1.165) is 34.4 Å². The van der Waals surface area contributed by atoms with Crippen molar-refractivity contribution in [1.29, 1.82) is 0 Å². The van der Waals surface area contributed by atoms with Gasteiger partial charge in [0.25, 0.3) is 0 Å². The fraction of sp³-hybridized carbons (Fsp3) is 0.286. The molecule has 0 amide bonds. The fourth-order valence-electron chi connectivity index (χ4n) is 2.15. The predicted molar refractivity (Wildman–Crippen MR) is 87.6 cm³/mol. The highest BCUT2D eigenvalue weighted by Gasteiger charge is 2.12.